The quantitative estimate of drug-likeness (QED) is 0.929. The molecule has 23 heavy (non-hydrogen) atoms. The number of cyclic esters (lactones) is 1. The minimum Gasteiger partial charge on any atom is -0.442 e. The molecular weight excluding hydrogens is 292 g/mol. The van der Waals surface area contributed by atoms with Crippen molar-refractivity contribution in [3.63, 3.8) is 0 Å². The van der Waals surface area contributed by atoms with Gasteiger partial charge in [0, 0.05) is 11.6 Å². The predicted molar refractivity (Wildman–Crippen MR) is 88.5 cm³/mol. The summed E-state index contributed by atoms with van der Waals surface area (Å²) in [5, 5.41) is 2.87. The lowest BCUT2D eigenvalue weighted by atomic mass is 9.87. The number of ether oxygens (including phenoxy) is 1. The number of hydrogen-bond acceptors (Lipinski definition) is 3. The fraction of sp³-hybridized carbons (Fsp3) is 0.556. The van der Waals surface area contributed by atoms with E-state index in [0.717, 1.165) is 18.5 Å². The van der Waals surface area contributed by atoms with E-state index < -0.39 is 0 Å². The third-order valence-electron chi connectivity index (χ3n) is 4.37. The van der Waals surface area contributed by atoms with Gasteiger partial charge in [-0.25, -0.2) is 4.79 Å². The third-order valence-corrected chi connectivity index (χ3v) is 4.37. The summed E-state index contributed by atoms with van der Waals surface area (Å²) in [4.78, 5) is 25.3. The summed E-state index contributed by atoms with van der Waals surface area (Å²) in [5.41, 5.74) is 2.14. The van der Waals surface area contributed by atoms with Gasteiger partial charge in [-0.2, -0.15) is 0 Å². The first kappa shape index (κ1) is 15.8. The summed E-state index contributed by atoms with van der Waals surface area (Å²) in [5.74, 6) is 0.252. The molecule has 3 rings (SSSR count). The second-order valence-electron chi connectivity index (χ2n) is 7.43. The van der Waals surface area contributed by atoms with Crippen LogP contribution in [0.15, 0.2) is 24.3 Å². The van der Waals surface area contributed by atoms with Crippen molar-refractivity contribution in [3.05, 3.63) is 29.8 Å². The second kappa shape index (κ2) is 5.87. The minimum atomic E-state index is -0.348. The van der Waals surface area contributed by atoms with Crippen LogP contribution in [0.5, 0.6) is 0 Å². The average molecular weight is 316 g/mol. The van der Waals surface area contributed by atoms with Gasteiger partial charge in [-0.15, -0.1) is 0 Å². The Morgan fingerprint density at radius 3 is 2.48 bits per heavy atom. The summed E-state index contributed by atoms with van der Waals surface area (Å²) in [7, 11) is 0. The molecule has 1 aliphatic heterocycles. The number of hydrogen-bond donors (Lipinski definition) is 1. The van der Waals surface area contributed by atoms with Crippen molar-refractivity contribution < 1.29 is 14.3 Å². The Bertz CT molecular complexity index is 600. The molecule has 0 aromatic heterocycles. The van der Waals surface area contributed by atoms with Crippen LogP contribution in [-0.4, -0.2) is 31.2 Å². The van der Waals surface area contributed by atoms with Crippen LogP contribution in [-0.2, 0) is 14.9 Å². The number of rotatable bonds is 4. The third kappa shape index (κ3) is 3.66. The summed E-state index contributed by atoms with van der Waals surface area (Å²) < 4.78 is 5.35. The smallest absolute Gasteiger partial charge is 0.414 e. The summed E-state index contributed by atoms with van der Waals surface area (Å²) >= 11 is 0. The Kier molecular flexibility index (Phi) is 4.04. The van der Waals surface area contributed by atoms with Gasteiger partial charge in [0.15, 0.2) is 0 Å². The van der Waals surface area contributed by atoms with E-state index in [0.29, 0.717) is 13.1 Å². The molecule has 1 heterocycles. The van der Waals surface area contributed by atoms with Crippen molar-refractivity contribution in [2.75, 3.05) is 18.0 Å². The van der Waals surface area contributed by atoms with Crippen molar-refractivity contribution in [2.24, 2.45) is 5.92 Å². The Balaban J connectivity index is 1.59. The number of benzene rings is 1. The monoisotopic (exact) mass is 316 g/mol. The lowest BCUT2D eigenvalue weighted by Crippen LogP contribution is -2.35. The number of nitrogens with one attached hydrogen (secondary N) is 1. The maximum atomic E-state index is 12.0. The number of carbonyl (C=O) groups excluding carboxylic acids is 2. The minimum absolute atomic E-state index is 0.0778. The molecule has 0 radical (unpaired) electrons. The van der Waals surface area contributed by atoms with E-state index in [1.807, 2.05) is 24.3 Å². The lowest BCUT2D eigenvalue weighted by molar-refractivity contribution is -0.122. The molecule has 0 spiro atoms. The molecule has 5 heteroatoms. The van der Waals surface area contributed by atoms with Crippen LogP contribution in [0.2, 0.25) is 0 Å². The number of nitrogens with zero attached hydrogens (tertiary/aromatic N) is 1. The molecular formula is C18H24N2O3. The zero-order valence-corrected chi connectivity index (χ0v) is 14.0. The van der Waals surface area contributed by atoms with Crippen LogP contribution in [0, 0.1) is 5.92 Å². The van der Waals surface area contributed by atoms with Gasteiger partial charge in [0.05, 0.1) is 13.1 Å². The van der Waals surface area contributed by atoms with E-state index in [9.17, 15) is 9.59 Å². The first-order valence-electron chi connectivity index (χ1n) is 8.21. The fourth-order valence-electron chi connectivity index (χ4n) is 2.68. The molecule has 1 aromatic rings. The zero-order chi connectivity index (χ0) is 16.6. The van der Waals surface area contributed by atoms with E-state index in [1.54, 1.807) is 4.90 Å². The van der Waals surface area contributed by atoms with Crippen LogP contribution in [0.25, 0.3) is 0 Å². The highest BCUT2D eigenvalue weighted by Gasteiger charge is 2.34. The first-order valence-corrected chi connectivity index (χ1v) is 8.21. The molecule has 1 saturated carbocycles. The lowest BCUT2D eigenvalue weighted by Gasteiger charge is -2.20. The number of anilines is 1. The highest BCUT2D eigenvalue weighted by Crippen LogP contribution is 2.29. The fourth-order valence-corrected chi connectivity index (χ4v) is 2.68. The topological polar surface area (TPSA) is 58.6 Å². The standard InChI is InChI=1S/C18H24N2O3/c1-18(2,3)13-6-8-14(9-7-13)20-11-15(23-17(20)22)10-19-16(21)12-4-5-12/h6-9,12,15H,4-5,10-11H2,1-3H3,(H,19,21). The maximum Gasteiger partial charge on any atom is 0.414 e. The van der Waals surface area contributed by atoms with Gasteiger partial charge in [0.25, 0.3) is 0 Å². The van der Waals surface area contributed by atoms with E-state index >= 15 is 0 Å². The van der Waals surface area contributed by atoms with Gasteiger partial charge in [-0.05, 0) is 36.0 Å². The molecule has 0 bridgehead atoms. The van der Waals surface area contributed by atoms with Gasteiger partial charge in [-0.3, -0.25) is 9.69 Å². The zero-order valence-electron chi connectivity index (χ0n) is 14.0. The molecule has 1 unspecified atom stereocenters. The van der Waals surface area contributed by atoms with Crippen molar-refractivity contribution in [1.82, 2.24) is 5.32 Å². The molecule has 2 aliphatic rings. The molecule has 1 atom stereocenters. The Morgan fingerprint density at radius 1 is 1.26 bits per heavy atom. The maximum absolute atomic E-state index is 12.0. The van der Waals surface area contributed by atoms with Crippen molar-refractivity contribution in [2.45, 2.75) is 45.1 Å². The highest BCUT2D eigenvalue weighted by atomic mass is 16.6. The average Bonchev–Trinajstić information content (AvgIpc) is 3.28. The predicted octanol–water partition coefficient (Wildman–Crippen LogP) is 2.84. The van der Waals surface area contributed by atoms with Gasteiger partial charge >= 0.3 is 6.09 Å². The molecule has 1 aliphatic carbocycles. The van der Waals surface area contributed by atoms with Crippen molar-refractivity contribution in [1.29, 1.82) is 0 Å². The van der Waals surface area contributed by atoms with Crippen LogP contribution in [0.4, 0.5) is 10.5 Å². The summed E-state index contributed by atoms with van der Waals surface area (Å²) in [6.07, 6.45) is 1.32. The molecule has 124 valence electrons. The molecule has 5 nitrogen and oxygen atoms in total. The van der Waals surface area contributed by atoms with Crippen LogP contribution < -0.4 is 10.2 Å². The molecule has 1 aromatic carbocycles. The van der Waals surface area contributed by atoms with Crippen molar-refractivity contribution in [3.8, 4) is 0 Å². The SMILES string of the molecule is CC(C)(C)c1ccc(N2CC(CNC(=O)C3CC3)OC2=O)cc1. The molecule has 2 amide bonds. The molecule has 1 N–H and O–H groups in total. The Morgan fingerprint density at radius 2 is 1.91 bits per heavy atom. The van der Waals surface area contributed by atoms with Gasteiger partial charge < -0.3 is 10.1 Å². The molecule has 2 fully saturated rings. The Labute approximate surface area is 137 Å². The normalized spacial score (nSPS) is 21.3. The van der Waals surface area contributed by atoms with Gasteiger partial charge in [0.1, 0.15) is 6.10 Å². The van der Waals surface area contributed by atoms with E-state index in [4.69, 9.17) is 4.74 Å². The highest BCUT2D eigenvalue weighted by molar-refractivity contribution is 5.90. The molecule has 1 saturated heterocycles. The second-order valence-corrected chi connectivity index (χ2v) is 7.43. The summed E-state index contributed by atoms with van der Waals surface area (Å²) in [6, 6.07) is 8.00. The summed E-state index contributed by atoms with van der Waals surface area (Å²) in [6.45, 7) is 7.33. The van der Waals surface area contributed by atoms with E-state index in [1.165, 1.54) is 5.56 Å². The van der Waals surface area contributed by atoms with Crippen LogP contribution >= 0.6 is 0 Å². The van der Waals surface area contributed by atoms with Crippen molar-refractivity contribution >= 4 is 17.7 Å². The largest absolute Gasteiger partial charge is 0.442 e. The Hall–Kier alpha value is -2.04. The van der Waals surface area contributed by atoms with E-state index in [2.05, 4.69) is 26.1 Å². The first-order chi connectivity index (χ1) is 10.8. The van der Waals surface area contributed by atoms with Gasteiger partial charge in [0.2, 0.25) is 5.91 Å². The van der Waals surface area contributed by atoms with Crippen LogP contribution in [0.3, 0.4) is 0 Å². The van der Waals surface area contributed by atoms with Gasteiger partial charge in [-0.1, -0.05) is 32.9 Å². The van der Waals surface area contributed by atoms with Crippen LogP contribution in [0.1, 0.15) is 39.2 Å². The number of carbonyl (C=O) groups is 2. The number of amides is 2. The van der Waals surface area contributed by atoms with E-state index in [-0.39, 0.29) is 29.4 Å².